The summed E-state index contributed by atoms with van der Waals surface area (Å²) < 4.78 is 24.7. The number of nitrogens with two attached hydrogens (primary N) is 1. The second-order valence-electron chi connectivity index (χ2n) is 6.59. The summed E-state index contributed by atoms with van der Waals surface area (Å²) in [6.45, 7) is 4.01. The first-order chi connectivity index (χ1) is 14.8. The molecule has 4 N–H and O–H groups in total. The van der Waals surface area contributed by atoms with E-state index in [4.69, 9.17) is 5.14 Å². The number of aryl methyl sites for hydroxylation is 1. The van der Waals surface area contributed by atoms with Gasteiger partial charge in [0.05, 0.1) is 25.8 Å². The zero-order valence-corrected chi connectivity index (χ0v) is 19.2. The Morgan fingerprint density at radius 3 is 2.58 bits per heavy atom. The van der Waals surface area contributed by atoms with Crippen molar-refractivity contribution in [2.45, 2.75) is 23.6 Å². The van der Waals surface area contributed by atoms with E-state index in [0.29, 0.717) is 17.3 Å². The van der Waals surface area contributed by atoms with E-state index < -0.39 is 10.0 Å². The molecule has 4 aromatic rings. The average molecular weight is 473 g/mol. The fourth-order valence-electron chi connectivity index (χ4n) is 2.97. The van der Waals surface area contributed by atoms with E-state index in [-0.39, 0.29) is 4.90 Å². The lowest BCUT2D eigenvalue weighted by molar-refractivity contribution is 0.597. The van der Waals surface area contributed by atoms with Crippen LogP contribution in [0.2, 0.25) is 0 Å². The fraction of sp³-hybridized carbons (Fsp3) is 0.150. The topological polar surface area (TPSA) is 123 Å². The Bertz CT molecular complexity index is 1350. The summed E-state index contributed by atoms with van der Waals surface area (Å²) in [4.78, 5) is 14.0. The van der Waals surface area contributed by atoms with Crippen LogP contribution in [-0.2, 0) is 10.0 Å². The highest BCUT2D eigenvalue weighted by molar-refractivity contribution is 7.99. The number of aromatic nitrogens is 3. The van der Waals surface area contributed by atoms with Crippen molar-refractivity contribution in [3.63, 3.8) is 0 Å². The molecule has 0 saturated carbocycles. The van der Waals surface area contributed by atoms with Crippen LogP contribution >= 0.6 is 23.1 Å². The average Bonchev–Trinajstić information content (AvgIpc) is 3.08. The fourth-order valence-corrected chi connectivity index (χ4v) is 5.05. The van der Waals surface area contributed by atoms with Crippen LogP contribution in [0.1, 0.15) is 11.9 Å². The van der Waals surface area contributed by atoms with Crippen LogP contribution in [0, 0.1) is 6.92 Å². The Labute approximate surface area is 188 Å². The summed E-state index contributed by atoms with van der Waals surface area (Å²) in [5, 5.41) is 12.8. The molecular formula is C20H20N6O2S3. The van der Waals surface area contributed by atoms with E-state index in [1.807, 2.05) is 32.0 Å². The van der Waals surface area contributed by atoms with Gasteiger partial charge in [0.1, 0.15) is 18.0 Å². The van der Waals surface area contributed by atoms with Crippen LogP contribution in [0.15, 0.2) is 58.6 Å². The molecule has 2 heterocycles. The number of nitrogens with one attached hydrogen (secondary N) is 2. The molecule has 4 rings (SSSR count). The van der Waals surface area contributed by atoms with Crippen LogP contribution in [0.3, 0.4) is 0 Å². The van der Waals surface area contributed by atoms with Crippen molar-refractivity contribution in [3.05, 3.63) is 53.8 Å². The number of thioether (sulfide) groups is 1. The minimum absolute atomic E-state index is 0.0368. The summed E-state index contributed by atoms with van der Waals surface area (Å²) >= 11 is 3.24. The Morgan fingerprint density at radius 2 is 1.84 bits per heavy atom. The van der Waals surface area contributed by atoms with Gasteiger partial charge in [-0.25, -0.2) is 28.5 Å². The SMILES string of the molecule is CCSc1ccc(S(N)(=O)=O)cc1Nc1cc(Nc2ccc3sc(C)nc3c2)ncn1. The van der Waals surface area contributed by atoms with Crippen LogP contribution < -0.4 is 15.8 Å². The van der Waals surface area contributed by atoms with Gasteiger partial charge in [-0.2, -0.15) is 0 Å². The lowest BCUT2D eigenvalue weighted by atomic mass is 10.3. The molecule has 0 aliphatic heterocycles. The first kappa shape index (κ1) is 21.5. The van der Waals surface area contributed by atoms with Gasteiger partial charge in [0.15, 0.2) is 0 Å². The summed E-state index contributed by atoms with van der Waals surface area (Å²) in [5.41, 5.74) is 2.41. The van der Waals surface area contributed by atoms with Gasteiger partial charge >= 0.3 is 0 Å². The molecule has 0 saturated heterocycles. The van der Waals surface area contributed by atoms with Crippen molar-refractivity contribution >= 4 is 66.3 Å². The molecule has 0 spiro atoms. The second-order valence-corrected chi connectivity index (χ2v) is 10.7. The molecule has 31 heavy (non-hydrogen) atoms. The van der Waals surface area contributed by atoms with Crippen molar-refractivity contribution in [3.8, 4) is 0 Å². The quantitative estimate of drug-likeness (QED) is 0.332. The predicted molar refractivity (Wildman–Crippen MR) is 127 cm³/mol. The number of hydrogen-bond donors (Lipinski definition) is 3. The molecule has 2 aromatic heterocycles. The Morgan fingerprint density at radius 1 is 1.06 bits per heavy atom. The van der Waals surface area contributed by atoms with E-state index in [2.05, 4.69) is 25.6 Å². The molecule has 0 amide bonds. The van der Waals surface area contributed by atoms with Gasteiger partial charge < -0.3 is 10.6 Å². The van der Waals surface area contributed by atoms with Crippen molar-refractivity contribution in [2.24, 2.45) is 5.14 Å². The minimum atomic E-state index is -3.81. The number of rotatable bonds is 7. The molecular weight excluding hydrogens is 452 g/mol. The molecule has 0 fully saturated rings. The molecule has 0 aliphatic carbocycles. The number of sulfonamides is 1. The summed E-state index contributed by atoms with van der Waals surface area (Å²) in [6, 6.07) is 12.5. The van der Waals surface area contributed by atoms with E-state index in [9.17, 15) is 8.42 Å². The van der Waals surface area contributed by atoms with Crippen molar-refractivity contribution < 1.29 is 8.42 Å². The van der Waals surface area contributed by atoms with Crippen LogP contribution in [0.25, 0.3) is 10.2 Å². The van der Waals surface area contributed by atoms with E-state index in [0.717, 1.165) is 31.6 Å². The predicted octanol–water partition coefficient (Wildman–Crippen LogP) is 4.64. The second kappa shape index (κ2) is 8.79. The third kappa shape index (κ3) is 5.13. The normalized spacial score (nSPS) is 11.6. The van der Waals surface area contributed by atoms with Crippen LogP contribution in [0.5, 0.6) is 0 Å². The van der Waals surface area contributed by atoms with Crippen molar-refractivity contribution in [1.82, 2.24) is 15.0 Å². The highest BCUT2D eigenvalue weighted by atomic mass is 32.2. The van der Waals surface area contributed by atoms with Crippen molar-refractivity contribution in [1.29, 1.82) is 0 Å². The smallest absolute Gasteiger partial charge is 0.238 e. The van der Waals surface area contributed by atoms with E-state index in [1.54, 1.807) is 35.2 Å². The van der Waals surface area contributed by atoms with Crippen LogP contribution in [0.4, 0.5) is 23.0 Å². The standard InChI is InChI=1S/C20H20N6O2S3/c1-3-29-17-7-5-14(31(21,27)28)9-16(17)26-20-10-19(22-11-23-20)25-13-4-6-18-15(8-13)24-12(2)30-18/h4-11H,3H2,1-2H3,(H2,21,27,28)(H2,22,23,25,26). The van der Waals surface area contributed by atoms with Gasteiger partial charge in [-0.3, -0.25) is 0 Å². The summed E-state index contributed by atoms with van der Waals surface area (Å²) in [5.74, 6) is 1.95. The number of fused-ring (bicyclic) bond motifs is 1. The van der Waals surface area contributed by atoms with Crippen molar-refractivity contribution in [2.75, 3.05) is 16.4 Å². The maximum Gasteiger partial charge on any atom is 0.238 e. The third-order valence-corrected chi connectivity index (χ3v) is 7.09. The molecule has 0 unspecified atom stereocenters. The lowest BCUT2D eigenvalue weighted by Crippen LogP contribution is -2.12. The monoisotopic (exact) mass is 472 g/mol. The molecule has 0 atom stereocenters. The van der Waals surface area contributed by atoms with Gasteiger partial charge in [0.25, 0.3) is 0 Å². The largest absolute Gasteiger partial charge is 0.340 e. The zero-order valence-electron chi connectivity index (χ0n) is 16.8. The number of nitrogens with zero attached hydrogens (tertiary/aromatic N) is 3. The zero-order chi connectivity index (χ0) is 22.0. The van der Waals surface area contributed by atoms with E-state index >= 15 is 0 Å². The Kier molecular flexibility index (Phi) is 6.10. The van der Waals surface area contributed by atoms with Gasteiger partial charge in [-0.1, -0.05) is 6.92 Å². The number of anilines is 4. The highest BCUT2D eigenvalue weighted by Crippen LogP contribution is 2.32. The molecule has 0 radical (unpaired) electrons. The first-order valence-corrected chi connectivity index (χ1v) is 12.7. The number of hydrogen-bond acceptors (Lipinski definition) is 9. The first-order valence-electron chi connectivity index (χ1n) is 9.35. The highest BCUT2D eigenvalue weighted by Gasteiger charge is 2.13. The summed E-state index contributed by atoms with van der Waals surface area (Å²) in [6.07, 6.45) is 1.44. The number of thiazole rings is 1. The molecule has 0 bridgehead atoms. The maximum absolute atomic E-state index is 11.8. The Hall–Kier alpha value is -2.73. The van der Waals surface area contributed by atoms with E-state index in [1.165, 1.54) is 18.5 Å². The molecule has 8 nitrogen and oxygen atoms in total. The third-order valence-electron chi connectivity index (χ3n) is 4.28. The molecule has 2 aromatic carbocycles. The van der Waals surface area contributed by atoms with Gasteiger partial charge in [0, 0.05) is 16.6 Å². The minimum Gasteiger partial charge on any atom is -0.340 e. The maximum atomic E-state index is 11.8. The van der Waals surface area contributed by atoms with Gasteiger partial charge in [-0.15, -0.1) is 23.1 Å². The van der Waals surface area contributed by atoms with Crippen LogP contribution in [-0.4, -0.2) is 29.1 Å². The Balaban J connectivity index is 1.60. The molecule has 160 valence electrons. The molecule has 0 aliphatic rings. The number of benzene rings is 2. The van der Waals surface area contributed by atoms with Gasteiger partial charge in [0.2, 0.25) is 10.0 Å². The number of primary sulfonamides is 1. The lowest BCUT2D eigenvalue weighted by Gasteiger charge is -2.13. The van der Waals surface area contributed by atoms with Gasteiger partial charge in [-0.05, 0) is 49.1 Å². The molecule has 11 heteroatoms. The summed E-state index contributed by atoms with van der Waals surface area (Å²) in [7, 11) is -3.81.